The number of thioether (sulfide) groups is 1. The number of nitrogens with one attached hydrogen (secondary N) is 1. The lowest BCUT2D eigenvalue weighted by atomic mass is 9.99. The van der Waals surface area contributed by atoms with Crippen molar-refractivity contribution in [1.29, 1.82) is 0 Å². The van der Waals surface area contributed by atoms with E-state index < -0.39 is 17.5 Å². The van der Waals surface area contributed by atoms with Gasteiger partial charge < -0.3 is 14.5 Å². The number of aryl methyl sites for hydroxylation is 1. The van der Waals surface area contributed by atoms with Crippen LogP contribution in [-0.4, -0.2) is 47.0 Å². The normalized spacial score (nSPS) is 24.2. The number of urea groups is 1. The van der Waals surface area contributed by atoms with Gasteiger partial charge in [-0.05, 0) is 25.2 Å². The Kier molecular flexibility index (Phi) is 3.64. The number of hydrogen-bond acceptors (Lipinski definition) is 6. The van der Waals surface area contributed by atoms with Crippen LogP contribution >= 0.6 is 11.8 Å². The third-order valence-electron chi connectivity index (χ3n) is 3.92. The number of nitrogens with zero attached hydrogens (tertiary/aromatic N) is 1. The maximum Gasteiger partial charge on any atom is 0.374 e. The molecule has 2 fully saturated rings. The summed E-state index contributed by atoms with van der Waals surface area (Å²) in [7, 11) is 1.27. The van der Waals surface area contributed by atoms with E-state index in [1.807, 2.05) is 0 Å². The van der Waals surface area contributed by atoms with E-state index >= 15 is 0 Å². The van der Waals surface area contributed by atoms with Crippen molar-refractivity contribution in [1.82, 2.24) is 10.2 Å². The summed E-state index contributed by atoms with van der Waals surface area (Å²) in [6.07, 6.45) is 0.642. The van der Waals surface area contributed by atoms with E-state index in [2.05, 4.69) is 10.1 Å². The lowest BCUT2D eigenvalue weighted by Crippen LogP contribution is -2.46. The molecule has 3 heterocycles. The summed E-state index contributed by atoms with van der Waals surface area (Å²) < 4.78 is 10.0. The molecule has 1 aromatic heterocycles. The van der Waals surface area contributed by atoms with Gasteiger partial charge >= 0.3 is 12.0 Å². The second kappa shape index (κ2) is 5.35. The average Bonchev–Trinajstić information content (AvgIpc) is 3.15. The minimum absolute atomic E-state index is 0.00885. The van der Waals surface area contributed by atoms with Gasteiger partial charge in [0.15, 0.2) is 0 Å². The Labute approximate surface area is 131 Å². The topological polar surface area (TPSA) is 88.8 Å². The van der Waals surface area contributed by atoms with Crippen LogP contribution < -0.4 is 5.32 Å². The first kappa shape index (κ1) is 15.0. The highest BCUT2D eigenvalue weighted by molar-refractivity contribution is 7.99. The molecular formula is C14H16N2O5S. The molecule has 0 saturated carbocycles. The summed E-state index contributed by atoms with van der Waals surface area (Å²) in [6.45, 7) is 1.72. The number of furan rings is 1. The number of ether oxygens (including phenoxy) is 1. The lowest BCUT2D eigenvalue weighted by Gasteiger charge is -2.18. The summed E-state index contributed by atoms with van der Waals surface area (Å²) >= 11 is 1.65. The Bertz CT molecular complexity index is 648. The third-order valence-corrected chi connectivity index (χ3v) is 5.11. The lowest BCUT2D eigenvalue weighted by molar-refractivity contribution is -0.131. The van der Waals surface area contributed by atoms with Gasteiger partial charge in [-0.15, -0.1) is 0 Å². The molecule has 22 heavy (non-hydrogen) atoms. The molecule has 0 aromatic carbocycles. The fraction of sp³-hybridized carbons (Fsp3) is 0.500. The molecule has 2 aliphatic rings. The van der Waals surface area contributed by atoms with Crippen LogP contribution in [0.4, 0.5) is 4.79 Å². The van der Waals surface area contributed by atoms with Crippen LogP contribution in [0.25, 0.3) is 0 Å². The van der Waals surface area contributed by atoms with Crippen molar-refractivity contribution in [2.24, 2.45) is 0 Å². The van der Waals surface area contributed by atoms with Crippen molar-refractivity contribution in [3.8, 4) is 0 Å². The monoisotopic (exact) mass is 324 g/mol. The zero-order valence-electron chi connectivity index (χ0n) is 12.3. The van der Waals surface area contributed by atoms with E-state index in [-0.39, 0.29) is 18.2 Å². The van der Waals surface area contributed by atoms with Crippen LogP contribution in [0.1, 0.15) is 28.3 Å². The largest absolute Gasteiger partial charge is 0.463 e. The average molecular weight is 324 g/mol. The zero-order chi connectivity index (χ0) is 15.9. The minimum atomic E-state index is -0.769. The molecule has 118 valence electrons. The number of carbonyl (C=O) groups excluding carboxylic acids is 3. The molecule has 0 aliphatic carbocycles. The number of esters is 1. The molecule has 1 atom stereocenters. The number of methoxy groups -OCH3 is 1. The minimum Gasteiger partial charge on any atom is -0.463 e. The molecule has 2 aliphatic heterocycles. The van der Waals surface area contributed by atoms with E-state index in [4.69, 9.17) is 4.42 Å². The number of rotatable bonds is 3. The Morgan fingerprint density at radius 2 is 2.32 bits per heavy atom. The summed E-state index contributed by atoms with van der Waals surface area (Å²) in [6, 6.07) is 1.22. The number of hydrogen-bond donors (Lipinski definition) is 1. The van der Waals surface area contributed by atoms with Crippen molar-refractivity contribution < 1.29 is 23.5 Å². The third kappa shape index (κ3) is 2.27. The van der Waals surface area contributed by atoms with Crippen LogP contribution in [0, 0.1) is 6.92 Å². The quantitative estimate of drug-likeness (QED) is 0.666. The SMILES string of the molecule is COC(=O)c1oc(CN2C(=O)N[C@@]3(CCSC3)C2=O)cc1C. The predicted molar refractivity (Wildman–Crippen MR) is 78.5 cm³/mol. The van der Waals surface area contributed by atoms with Crippen LogP contribution in [0.3, 0.4) is 0 Å². The second-order valence-corrected chi connectivity index (χ2v) is 6.53. The Hall–Kier alpha value is -1.96. The Morgan fingerprint density at radius 1 is 1.55 bits per heavy atom. The van der Waals surface area contributed by atoms with Crippen LogP contribution in [0.2, 0.25) is 0 Å². The maximum atomic E-state index is 12.5. The summed E-state index contributed by atoms with van der Waals surface area (Å²) in [4.78, 5) is 37.3. The maximum absolute atomic E-state index is 12.5. The molecule has 3 rings (SSSR count). The zero-order valence-corrected chi connectivity index (χ0v) is 13.1. The number of carbonyl (C=O) groups is 3. The highest BCUT2D eigenvalue weighted by atomic mass is 32.2. The van der Waals surface area contributed by atoms with Crippen molar-refractivity contribution >= 4 is 29.7 Å². The van der Waals surface area contributed by atoms with Crippen LogP contribution in [0.5, 0.6) is 0 Å². The van der Waals surface area contributed by atoms with Gasteiger partial charge in [-0.25, -0.2) is 9.59 Å². The van der Waals surface area contributed by atoms with Gasteiger partial charge in [0.25, 0.3) is 5.91 Å². The van der Waals surface area contributed by atoms with Crippen molar-refractivity contribution in [3.05, 3.63) is 23.2 Å². The van der Waals surface area contributed by atoms with Crippen molar-refractivity contribution in [3.63, 3.8) is 0 Å². The van der Waals surface area contributed by atoms with E-state index in [1.54, 1.807) is 24.8 Å². The van der Waals surface area contributed by atoms with E-state index in [1.165, 1.54) is 7.11 Å². The van der Waals surface area contributed by atoms with Crippen molar-refractivity contribution in [2.45, 2.75) is 25.4 Å². The molecular weight excluding hydrogens is 308 g/mol. The standard InChI is InChI=1S/C14H16N2O5S/c1-8-5-9(21-10(8)11(17)20-2)6-16-12(18)14(15-13(16)19)3-4-22-7-14/h5H,3-4,6-7H2,1-2H3,(H,15,19)/t14-/m1/s1. The van der Waals surface area contributed by atoms with Gasteiger partial charge in [-0.1, -0.05) is 0 Å². The molecule has 0 unspecified atom stereocenters. The Balaban J connectivity index is 1.80. The smallest absolute Gasteiger partial charge is 0.374 e. The van der Waals surface area contributed by atoms with E-state index in [0.29, 0.717) is 23.5 Å². The van der Waals surface area contributed by atoms with E-state index in [9.17, 15) is 14.4 Å². The Morgan fingerprint density at radius 3 is 2.95 bits per heavy atom. The van der Waals surface area contributed by atoms with Crippen molar-refractivity contribution in [2.75, 3.05) is 18.6 Å². The van der Waals surface area contributed by atoms with Crippen LogP contribution in [-0.2, 0) is 16.1 Å². The first-order valence-electron chi connectivity index (χ1n) is 6.86. The molecule has 2 saturated heterocycles. The van der Waals surface area contributed by atoms with Gasteiger partial charge in [0.1, 0.15) is 11.3 Å². The summed E-state index contributed by atoms with van der Waals surface area (Å²) in [5.74, 6) is 1.12. The van der Waals surface area contributed by atoms with E-state index in [0.717, 1.165) is 10.7 Å². The van der Waals surface area contributed by atoms with Gasteiger partial charge in [0, 0.05) is 11.3 Å². The molecule has 0 bridgehead atoms. The predicted octanol–water partition coefficient (Wildman–Crippen LogP) is 1.30. The van der Waals surface area contributed by atoms with Gasteiger partial charge in [-0.2, -0.15) is 11.8 Å². The number of imide groups is 1. The second-order valence-electron chi connectivity index (χ2n) is 5.42. The first-order chi connectivity index (χ1) is 10.5. The van der Waals surface area contributed by atoms with Gasteiger partial charge in [0.2, 0.25) is 5.76 Å². The molecule has 3 amide bonds. The first-order valence-corrected chi connectivity index (χ1v) is 8.02. The summed E-state index contributed by atoms with van der Waals surface area (Å²) in [5, 5.41) is 2.79. The molecule has 8 heteroatoms. The fourth-order valence-electron chi connectivity index (χ4n) is 2.73. The number of amides is 3. The molecule has 1 spiro atoms. The van der Waals surface area contributed by atoms with Gasteiger partial charge in [0.05, 0.1) is 13.7 Å². The van der Waals surface area contributed by atoms with Crippen LogP contribution in [0.15, 0.2) is 10.5 Å². The van der Waals surface area contributed by atoms with Gasteiger partial charge in [-0.3, -0.25) is 9.69 Å². The fourth-order valence-corrected chi connectivity index (χ4v) is 4.05. The molecule has 0 radical (unpaired) electrons. The molecule has 1 N–H and O–H groups in total. The highest BCUT2D eigenvalue weighted by Gasteiger charge is 2.53. The summed E-state index contributed by atoms with van der Waals surface area (Å²) in [5.41, 5.74) is -0.158. The molecule has 7 nitrogen and oxygen atoms in total. The molecule has 1 aromatic rings. The highest BCUT2D eigenvalue weighted by Crippen LogP contribution is 2.34.